The Morgan fingerprint density at radius 3 is 2.56 bits per heavy atom. The predicted molar refractivity (Wildman–Crippen MR) is 66.4 cm³/mol. The van der Waals surface area contributed by atoms with Crippen LogP contribution in [0.15, 0.2) is 24.3 Å². The zero-order chi connectivity index (χ0) is 13.6. The molecule has 102 valence electrons. The van der Waals surface area contributed by atoms with Crippen LogP contribution in [0.4, 0.5) is 13.2 Å². The van der Waals surface area contributed by atoms with Crippen molar-refractivity contribution in [3.05, 3.63) is 35.4 Å². The van der Waals surface area contributed by atoms with Crippen LogP contribution < -0.4 is 5.32 Å². The first-order valence-electron chi connectivity index (χ1n) is 5.90. The lowest BCUT2D eigenvalue weighted by Gasteiger charge is -2.23. The SMILES string of the molecule is CNCCN(Cc1cccc(C)c1)CC(F)(F)F. The lowest BCUT2D eigenvalue weighted by Crippen LogP contribution is -2.37. The van der Waals surface area contributed by atoms with E-state index in [9.17, 15) is 13.2 Å². The summed E-state index contributed by atoms with van der Waals surface area (Å²) in [6.45, 7) is 2.31. The van der Waals surface area contributed by atoms with Crippen molar-refractivity contribution in [3.63, 3.8) is 0 Å². The molecular weight excluding hydrogens is 241 g/mol. The molecule has 1 rings (SSSR count). The Morgan fingerprint density at radius 2 is 2.00 bits per heavy atom. The van der Waals surface area contributed by atoms with Gasteiger partial charge in [0.25, 0.3) is 0 Å². The maximum Gasteiger partial charge on any atom is 0.401 e. The van der Waals surface area contributed by atoms with E-state index in [2.05, 4.69) is 5.32 Å². The molecular formula is C13H19F3N2. The Kier molecular flexibility index (Phi) is 5.62. The van der Waals surface area contributed by atoms with Crippen LogP contribution in [-0.4, -0.2) is 37.8 Å². The Labute approximate surface area is 106 Å². The largest absolute Gasteiger partial charge is 0.401 e. The molecule has 5 heteroatoms. The highest BCUT2D eigenvalue weighted by molar-refractivity contribution is 5.22. The average Bonchev–Trinajstić information content (AvgIpc) is 2.24. The number of hydrogen-bond acceptors (Lipinski definition) is 2. The van der Waals surface area contributed by atoms with E-state index in [1.165, 1.54) is 4.90 Å². The van der Waals surface area contributed by atoms with Crippen LogP contribution in [-0.2, 0) is 6.54 Å². The van der Waals surface area contributed by atoms with E-state index in [4.69, 9.17) is 0 Å². The van der Waals surface area contributed by atoms with Crippen LogP contribution in [0, 0.1) is 6.92 Å². The van der Waals surface area contributed by atoms with Crippen LogP contribution in [0.5, 0.6) is 0 Å². The van der Waals surface area contributed by atoms with E-state index in [1.807, 2.05) is 31.2 Å². The normalized spacial score (nSPS) is 12.1. The molecule has 0 saturated heterocycles. The third-order valence-electron chi connectivity index (χ3n) is 2.57. The third-order valence-corrected chi connectivity index (χ3v) is 2.57. The van der Waals surface area contributed by atoms with E-state index in [0.717, 1.165) is 11.1 Å². The van der Waals surface area contributed by atoms with E-state index in [0.29, 0.717) is 19.6 Å². The minimum absolute atomic E-state index is 0.322. The zero-order valence-corrected chi connectivity index (χ0v) is 10.7. The van der Waals surface area contributed by atoms with Crippen molar-refractivity contribution in [1.29, 1.82) is 0 Å². The fourth-order valence-corrected chi connectivity index (χ4v) is 1.81. The fraction of sp³-hybridized carbons (Fsp3) is 0.538. The van der Waals surface area contributed by atoms with Crippen LogP contribution >= 0.6 is 0 Å². The molecule has 2 nitrogen and oxygen atoms in total. The van der Waals surface area contributed by atoms with Gasteiger partial charge in [-0.3, -0.25) is 4.90 Å². The van der Waals surface area contributed by atoms with Gasteiger partial charge >= 0.3 is 6.18 Å². The second kappa shape index (κ2) is 6.75. The summed E-state index contributed by atoms with van der Waals surface area (Å²) in [7, 11) is 1.73. The summed E-state index contributed by atoms with van der Waals surface area (Å²) in [5.74, 6) is 0. The predicted octanol–water partition coefficient (Wildman–Crippen LogP) is 2.58. The Bertz CT molecular complexity index is 363. The lowest BCUT2D eigenvalue weighted by atomic mass is 10.1. The number of benzene rings is 1. The molecule has 0 saturated carbocycles. The second-order valence-electron chi connectivity index (χ2n) is 4.42. The molecule has 1 aromatic rings. The molecule has 0 aliphatic carbocycles. The number of hydrogen-bond donors (Lipinski definition) is 1. The highest BCUT2D eigenvalue weighted by Crippen LogP contribution is 2.18. The number of aryl methyl sites for hydroxylation is 1. The van der Waals surface area contributed by atoms with Gasteiger partial charge in [0, 0.05) is 19.6 Å². The summed E-state index contributed by atoms with van der Waals surface area (Å²) in [5.41, 5.74) is 1.98. The topological polar surface area (TPSA) is 15.3 Å². The van der Waals surface area contributed by atoms with Crippen molar-refractivity contribution in [2.45, 2.75) is 19.6 Å². The standard InChI is InChI=1S/C13H19F3N2/c1-11-4-3-5-12(8-11)9-18(7-6-17-2)10-13(14,15)16/h3-5,8,17H,6-7,9-10H2,1-2H3. The van der Waals surface area contributed by atoms with Gasteiger partial charge in [-0.2, -0.15) is 13.2 Å². The molecule has 0 aliphatic heterocycles. The highest BCUT2D eigenvalue weighted by Gasteiger charge is 2.30. The molecule has 0 amide bonds. The molecule has 1 N–H and O–H groups in total. The van der Waals surface area contributed by atoms with E-state index in [-0.39, 0.29) is 0 Å². The quantitative estimate of drug-likeness (QED) is 0.845. The van der Waals surface area contributed by atoms with Crippen LogP contribution in [0.1, 0.15) is 11.1 Å². The number of alkyl halides is 3. The molecule has 1 aromatic carbocycles. The van der Waals surface area contributed by atoms with Crippen molar-refractivity contribution in [2.75, 3.05) is 26.7 Å². The molecule has 18 heavy (non-hydrogen) atoms. The number of nitrogens with zero attached hydrogens (tertiary/aromatic N) is 1. The first-order chi connectivity index (χ1) is 8.40. The molecule has 0 aromatic heterocycles. The van der Waals surface area contributed by atoms with Gasteiger partial charge in [0.2, 0.25) is 0 Å². The summed E-state index contributed by atoms with van der Waals surface area (Å²) >= 11 is 0. The molecule has 0 radical (unpaired) electrons. The Balaban J connectivity index is 2.65. The van der Waals surface area contributed by atoms with Gasteiger partial charge in [-0.25, -0.2) is 0 Å². The number of rotatable bonds is 6. The van der Waals surface area contributed by atoms with Crippen molar-refractivity contribution in [3.8, 4) is 0 Å². The summed E-state index contributed by atoms with van der Waals surface area (Å²) in [4.78, 5) is 1.41. The molecule has 0 aliphatic rings. The summed E-state index contributed by atoms with van der Waals surface area (Å²) < 4.78 is 37.4. The maximum absolute atomic E-state index is 12.5. The van der Waals surface area contributed by atoms with Crippen molar-refractivity contribution in [1.82, 2.24) is 10.2 Å². The first kappa shape index (κ1) is 15.0. The minimum Gasteiger partial charge on any atom is -0.318 e. The van der Waals surface area contributed by atoms with Crippen LogP contribution in [0.3, 0.4) is 0 Å². The molecule has 0 fully saturated rings. The number of nitrogens with one attached hydrogen (secondary N) is 1. The summed E-state index contributed by atoms with van der Waals surface area (Å²) in [6, 6.07) is 7.58. The van der Waals surface area contributed by atoms with Crippen LogP contribution in [0.25, 0.3) is 0 Å². The summed E-state index contributed by atoms with van der Waals surface area (Å²) in [6.07, 6.45) is -4.16. The van der Waals surface area contributed by atoms with Gasteiger partial charge in [0.05, 0.1) is 6.54 Å². The number of likely N-dealkylation sites (N-methyl/N-ethyl adjacent to an activating group) is 1. The van der Waals surface area contributed by atoms with Crippen molar-refractivity contribution < 1.29 is 13.2 Å². The Morgan fingerprint density at radius 1 is 1.28 bits per heavy atom. The first-order valence-corrected chi connectivity index (χ1v) is 5.90. The van der Waals surface area contributed by atoms with E-state index < -0.39 is 12.7 Å². The maximum atomic E-state index is 12.5. The van der Waals surface area contributed by atoms with E-state index >= 15 is 0 Å². The third kappa shape index (κ3) is 6.02. The molecule has 0 atom stereocenters. The minimum atomic E-state index is -4.16. The van der Waals surface area contributed by atoms with Gasteiger partial charge in [-0.05, 0) is 19.5 Å². The molecule has 0 unspecified atom stereocenters. The second-order valence-corrected chi connectivity index (χ2v) is 4.42. The Hall–Kier alpha value is -1.07. The van der Waals surface area contributed by atoms with E-state index in [1.54, 1.807) is 7.05 Å². The monoisotopic (exact) mass is 260 g/mol. The molecule has 0 bridgehead atoms. The molecule has 0 heterocycles. The van der Waals surface area contributed by atoms with Gasteiger partial charge < -0.3 is 5.32 Å². The highest BCUT2D eigenvalue weighted by atomic mass is 19.4. The number of halogens is 3. The van der Waals surface area contributed by atoms with Crippen LogP contribution in [0.2, 0.25) is 0 Å². The smallest absolute Gasteiger partial charge is 0.318 e. The summed E-state index contributed by atoms with van der Waals surface area (Å²) in [5, 5.41) is 2.87. The van der Waals surface area contributed by atoms with Gasteiger partial charge in [0.1, 0.15) is 0 Å². The fourth-order valence-electron chi connectivity index (χ4n) is 1.81. The van der Waals surface area contributed by atoms with Gasteiger partial charge in [-0.15, -0.1) is 0 Å². The zero-order valence-electron chi connectivity index (χ0n) is 10.7. The van der Waals surface area contributed by atoms with Crippen molar-refractivity contribution >= 4 is 0 Å². The van der Waals surface area contributed by atoms with Crippen molar-refractivity contribution in [2.24, 2.45) is 0 Å². The lowest BCUT2D eigenvalue weighted by molar-refractivity contribution is -0.146. The average molecular weight is 260 g/mol. The van der Waals surface area contributed by atoms with Gasteiger partial charge in [0.15, 0.2) is 0 Å². The van der Waals surface area contributed by atoms with Gasteiger partial charge in [-0.1, -0.05) is 29.8 Å². The molecule has 0 spiro atoms.